The van der Waals surface area contributed by atoms with E-state index in [1.165, 1.54) is 11.5 Å². The smallest absolute Gasteiger partial charge is 0.125 e. The molecular weight excluding hydrogens is 144 g/mol. The second-order valence-electron chi connectivity index (χ2n) is 1.44. The standard InChI is InChI=1S/C5H4N2S.C2H6/c1-4-2-5(3-6)8-7-4;1-2/h2H,1H3;1-2H3. The third-order valence-corrected chi connectivity index (χ3v) is 1.52. The van der Waals surface area contributed by atoms with Gasteiger partial charge in [0.1, 0.15) is 10.9 Å². The summed E-state index contributed by atoms with van der Waals surface area (Å²) in [4.78, 5) is 0.683. The lowest BCUT2D eigenvalue weighted by Gasteiger charge is -1.65. The molecule has 10 heavy (non-hydrogen) atoms. The van der Waals surface area contributed by atoms with Crippen molar-refractivity contribution in [1.82, 2.24) is 4.37 Å². The number of hydrogen-bond acceptors (Lipinski definition) is 3. The van der Waals surface area contributed by atoms with Gasteiger partial charge in [-0.1, -0.05) is 13.8 Å². The number of aromatic nitrogens is 1. The summed E-state index contributed by atoms with van der Waals surface area (Å²) in [6.45, 7) is 5.87. The molecule has 0 saturated heterocycles. The lowest BCUT2D eigenvalue weighted by atomic mass is 10.4. The van der Waals surface area contributed by atoms with Crippen LogP contribution in [0.1, 0.15) is 24.4 Å². The number of nitriles is 1. The van der Waals surface area contributed by atoms with Gasteiger partial charge in [-0.15, -0.1) is 0 Å². The Bertz CT molecular complexity index is 222. The zero-order valence-electron chi connectivity index (χ0n) is 6.38. The highest BCUT2D eigenvalue weighted by Crippen LogP contribution is 2.05. The molecule has 0 spiro atoms. The van der Waals surface area contributed by atoms with E-state index in [2.05, 4.69) is 4.37 Å². The summed E-state index contributed by atoms with van der Waals surface area (Å²) < 4.78 is 3.91. The largest absolute Gasteiger partial charge is 0.197 e. The van der Waals surface area contributed by atoms with Crippen molar-refractivity contribution < 1.29 is 0 Å². The van der Waals surface area contributed by atoms with Crippen molar-refractivity contribution >= 4 is 11.5 Å². The van der Waals surface area contributed by atoms with Crippen molar-refractivity contribution in [3.8, 4) is 6.07 Å². The summed E-state index contributed by atoms with van der Waals surface area (Å²) in [5, 5.41) is 8.27. The quantitative estimate of drug-likeness (QED) is 0.575. The Morgan fingerprint density at radius 2 is 2.20 bits per heavy atom. The van der Waals surface area contributed by atoms with E-state index in [4.69, 9.17) is 5.26 Å². The fraction of sp³-hybridized carbons (Fsp3) is 0.429. The topological polar surface area (TPSA) is 36.7 Å². The molecule has 0 fully saturated rings. The van der Waals surface area contributed by atoms with Crippen LogP contribution < -0.4 is 0 Å². The van der Waals surface area contributed by atoms with E-state index in [9.17, 15) is 0 Å². The first-order chi connectivity index (χ1) is 4.83. The third-order valence-electron chi connectivity index (χ3n) is 0.738. The Balaban J connectivity index is 0.000000371. The molecule has 0 aliphatic carbocycles. The van der Waals surface area contributed by atoms with Crippen molar-refractivity contribution in [3.05, 3.63) is 16.6 Å². The van der Waals surface area contributed by atoms with Crippen LogP contribution in [0.25, 0.3) is 0 Å². The maximum absolute atomic E-state index is 8.27. The Kier molecular flexibility index (Phi) is 4.51. The SMILES string of the molecule is CC.Cc1cc(C#N)sn1. The normalized spacial score (nSPS) is 7.40. The minimum atomic E-state index is 0.683. The Hall–Kier alpha value is -0.880. The van der Waals surface area contributed by atoms with Gasteiger partial charge in [-0.25, -0.2) is 0 Å². The lowest BCUT2D eigenvalue weighted by Crippen LogP contribution is -1.59. The molecule has 0 amide bonds. The molecule has 0 bridgehead atoms. The molecule has 0 saturated carbocycles. The van der Waals surface area contributed by atoms with Crippen molar-refractivity contribution in [3.63, 3.8) is 0 Å². The highest BCUT2D eigenvalue weighted by molar-refractivity contribution is 7.06. The molecule has 0 radical (unpaired) electrons. The summed E-state index contributed by atoms with van der Waals surface area (Å²) in [6, 6.07) is 3.77. The van der Waals surface area contributed by atoms with E-state index >= 15 is 0 Å². The molecule has 1 heterocycles. The predicted molar refractivity (Wildman–Crippen MR) is 42.9 cm³/mol. The van der Waals surface area contributed by atoms with E-state index in [0.717, 1.165) is 5.69 Å². The molecule has 0 aliphatic rings. The first kappa shape index (κ1) is 9.12. The molecule has 0 aliphatic heterocycles. The Labute approximate surface area is 65.3 Å². The second kappa shape index (κ2) is 4.95. The van der Waals surface area contributed by atoms with E-state index in [1.807, 2.05) is 26.8 Å². The van der Waals surface area contributed by atoms with Crippen LogP contribution in [0, 0.1) is 18.3 Å². The maximum atomic E-state index is 8.27. The van der Waals surface area contributed by atoms with Crippen molar-refractivity contribution in [2.75, 3.05) is 0 Å². The summed E-state index contributed by atoms with van der Waals surface area (Å²) in [5.74, 6) is 0. The Morgan fingerprint density at radius 3 is 2.40 bits per heavy atom. The lowest BCUT2D eigenvalue weighted by molar-refractivity contribution is 1.34. The number of aryl methyl sites for hydroxylation is 1. The van der Waals surface area contributed by atoms with Gasteiger partial charge in [-0.2, -0.15) is 9.64 Å². The van der Waals surface area contributed by atoms with Crippen LogP contribution in [-0.2, 0) is 0 Å². The maximum Gasteiger partial charge on any atom is 0.125 e. The van der Waals surface area contributed by atoms with Gasteiger partial charge in [0.05, 0.1) is 5.69 Å². The van der Waals surface area contributed by atoms with Gasteiger partial charge >= 0.3 is 0 Å². The average Bonchev–Trinajstić information content (AvgIpc) is 2.40. The summed E-state index contributed by atoms with van der Waals surface area (Å²) in [6.07, 6.45) is 0. The molecule has 0 aromatic carbocycles. The minimum Gasteiger partial charge on any atom is -0.197 e. The van der Waals surface area contributed by atoms with Gasteiger partial charge < -0.3 is 0 Å². The van der Waals surface area contributed by atoms with Crippen LogP contribution in [0.2, 0.25) is 0 Å². The molecule has 1 rings (SSSR count). The molecule has 0 unspecified atom stereocenters. The molecular formula is C7H10N2S. The van der Waals surface area contributed by atoms with Gasteiger partial charge in [0.15, 0.2) is 0 Å². The van der Waals surface area contributed by atoms with E-state index < -0.39 is 0 Å². The summed E-state index contributed by atoms with van der Waals surface area (Å²) in [5.41, 5.74) is 0.923. The van der Waals surface area contributed by atoms with E-state index in [1.54, 1.807) is 6.07 Å². The highest BCUT2D eigenvalue weighted by Gasteiger charge is 1.91. The minimum absolute atomic E-state index is 0.683. The number of nitrogens with zero attached hydrogens (tertiary/aromatic N) is 2. The van der Waals surface area contributed by atoms with Crippen LogP contribution in [0.4, 0.5) is 0 Å². The fourth-order valence-corrected chi connectivity index (χ4v) is 0.975. The van der Waals surface area contributed by atoms with Crippen molar-refractivity contribution in [2.24, 2.45) is 0 Å². The highest BCUT2D eigenvalue weighted by atomic mass is 32.1. The van der Waals surface area contributed by atoms with E-state index in [-0.39, 0.29) is 0 Å². The molecule has 1 aromatic rings. The zero-order chi connectivity index (χ0) is 7.98. The molecule has 0 N–H and O–H groups in total. The van der Waals surface area contributed by atoms with Gasteiger partial charge in [-0.05, 0) is 24.5 Å². The van der Waals surface area contributed by atoms with Crippen LogP contribution in [0.15, 0.2) is 6.07 Å². The van der Waals surface area contributed by atoms with Gasteiger partial charge in [0.25, 0.3) is 0 Å². The number of hydrogen-bond donors (Lipinski definition) is 0. The molecule has 2 nitrogen and oxygen atoms in total. The van der Waals surface area contributed by atoms with Gasteiger partial charge in [-0.3, -0.25) is 0 Å². The fourth-order valence-electron chi connectivity index (χ4n) is 0.416. The first-order valence-corrected chi connectivity index (χ1v) is 3.93. The summed E-state index contributed by atoms with van der Waals surface area (Å²) >= 11 is 1.24. The zero-order valence-corrected chi connectivity index (χ0v) is 7.20. The molecule has 54 valence electrons. The molecule has 3 heteroatoms. The molecule has 1 aromatic heterocycles. The predicted octanol–water partition coefficient (Wildman–Crippen LogP) is 2.35. The number of rotatable bonds is 0. The average molecular weight is 154 g/mol. The van der Waals surface area contributed by atoms with Gasteiger partial charge in [0, 0.05) is 0 Å². The van der Waals surface area contributed by atoms with Crippen molar-refractivity contribution in [1.29, 1.82) is 5.26 Å². The molecule has 0 atom stereocenters. The van der Waals surface area contributed by atoms with Crippen molar-refractivity contribution in [2.45, 2.75) is 20.8 Å². The van der Waals surface area contributed by atoms with Crippen LogP contribution in [-0.4, -0.2) is 4.37 Å². The van der Waals surface area contributed by atoms with Crippen LogP contribution >= 0.6 is 11.5 Å². The van der Waals surface area contributed by atoms with E-state index in [0.29, 0.717) is 4.88 Å². The first-order valence-electron chi connectivity index (χ1n) is 3.16. The van der Waals surface area contributed by atoms with Gasteiger partial charge in [0.2, 0.25) is 0 Å². The monoisotopic (exact) mass is 154 g/mol. The Morgan fingerprint density at radius 1 is 1.60 bits per heavy atom. The second-order valence-corrected chi connectivity index (χ2v) is 2.25. The summed E-state index contributed by atoms with van der Waals surface area (Å²) in [7, 11) is 0. The van der Waals surface area contributed by atoms with Crippen LogP contribution in [0.3, 0.4) is 0 Å². The third kappa shape index (κ3) is 2.60. The van der Waals surface area contributed by atoms with Crippen LogP contribution in [0.5, 0.6) is 0 Å².